The zero-order valence-electron chi connectivity index (χ0n) is 15.3. The lowest BCUT2D eigenvalue weighted by Crippen LogP contribution is -2.37. The second-order valence-electron chi connectivity index (χ2n) is 7.08. The van der Waals surface area contributed by atoms with Gasteiger partial charge in [-0.05, 0) is 69.9 Å². The fourth-order valence-electron chi connectivity index (χ4n) is 3.49. The highest BCUT2D eigenvalue weighted by Gasteiger charge is 2.21. The summed E-state index contributed by atoms with van der Waals surface area (Å²) >= 11 is 0. The molecule has 2 aromatic carbocycles. The number of nitrogens with two attached hydrogens (primary N) is 1. The Hall–Kier alpha value is -2.49. The number of amides is 1. The van der Waals surface area contributed by atoms with Gasteiger partial charge in [-0.2, -0.15) is 0 Å². The number of aryl methyl sites for hydroxylation is 2. The van der Waals surface area contributed by atoms with Gasteiger partial charge in [0.15, 0.2) is 0 Å². The molecular weight excluding hydrogens is 310 g/mol. The molecule has 25 heavy (non-hydrogen) atoms. The van der Waals surface area contributed by atoms with Crippen molar-refractivity contribution in [2.75, 3.05) is 22.5 Å². The lowest BCUT2D eigenvalue weighted by molar-refractivity contribution is 0.102. The number of nitrogen functional groups attached to an aromatic ring is 1. The minimum Gasteiger partial charge on any atom is -0.397 e. The van der Waals surface area contributed by atoms with Gasteiger partial charge in [0.2, 0.25) is 0 Å². The molecule has 132 valence electrons. The summed E-state index contributed by atoms with van der Waals surface area (Å²) < 4.78 is 0. The third kappa shape index (κ3) is 3.78. The number of carbonyl (C=O) groups is 1. The Morgan fingerprint density at radius 3 is 2.56 bits per heavy atom. The van der Waals surface area contributed by atoms with E-state index in [0.717, 1.165) is 17.7 Å². The summed E-state index contributed by atoms with van der Waals surface area (Å²) in [5.41, 5.74) is 11.5. The smallest absolute Gasteiger partial charge is 0.255 e. The monoisotopic (exact) mass is 337 g/mol. The van der Waals surface area contributed by atoms with Gasteiger partial charge in [-0.1, -0.05) is 17.7 Å². The number of hydrogen-bond acceptors (Lipinski definition) is 3. The van der Waals surface area contributed by atoms with Gasteiger partial charge < -0.3 is 16.0 Å². The molecule has 1 heterocycles. The van der Waals surface area contributed by atoms with Crippen LogP contribution in [0.15, 0.2) is 36.4 Å². The molecule has 0 aliphatic carbocycles. The van der Waals surface area contributed by atoms with E-state index in [4.69, 9.17) is 5.73 Å². The fourth-order valence-corrected chi connectivity index (χ4v) is 3.49. The molecule has 2 aromatic rings. The Kier molecular flexibility index (Phi) is 4.98. The van der Waals surface area contributed by atoms with Crippen LogP contribution in [0.3, 0.4) is 0 Å². The van der Waals surface area contributed by atoms with E-state index in [-0.39, 0.29) is 5.91 Å². The Labute approximate surface area is 150 Å². The Morgan fingerprint density at radius 2 is 1.88 bits per heavy atom. The van der Waals surface area contributed by atoms with Crippen molar-refractivity contribution in [3.05, 3.63) is 53.1 Å². The summed E-state index contributed by atoms with van der Waals surface area (Å²) in [7, 11) is 0. The first kappa shape index (κ1) is 17.3. The van der Waals surface area contributed by atoms with Crippen LogP contribution in [-0.2, 0) is 0 Å². The summed E-state index contributed by atoms with van der Waals surface area (Å²) in [6, 6.07) is 12.0. The lowest BCUT2D eigenvalue weighted by Gasteiger charge is -2.36. The van der Waals surface area contributed by atoms with E-state index in [0.29, 0.717) is 23.0 Å². The zero-order chi connectivity index (χ0) is 18.0. The molecule has 4 nitrogen and oxygen atoms in total. The van der Waals surface area contributed by atoms with E-state index in [1.807, 2.05) is 43.3 Å². The second-order valence-corrected chi connectivity index (χ2v) is 7.08. The molecule has 0 aromatic heterocycles. The molecule has 0 spiro atoms. The van der Waals surface area contributed by atoms with Crippen molar-refractivity contribution in [3.63, 3.8) is 0 Å². The lowest BCUT2D eigenvalue weighted by atomic mass is 10.0. The maximum atomic E-state index is 12.5. The molecule has 1 amide bonds. The maximum Gasteiger partial charge on any atom is 0.255 e. The first-order valence-corrected chi connectivity index (χ1v) is 9.00. The number of nitrogens with one attached hydrogen (secondary N) is 1. The summed E-state index contributed by atoms with van der Waals surface area (Å²) in [5, 5.41) is 2.98. The summed E-state index contributed by atoms with van der Waals surface area (Å²) in [5.74, 6) is -0.131. The van der Waals surface area contributed by atoms with Crippen LogP contribution in [0.2, 0.25) is 0 Å². The molecule has 3 rings (SSSR count). The molecule has 0 saturated carbocycles. The quantitative estimate of drug-likeness (QED) is 0.810. The SMILES string of the molecule is Cc1ccc(C(=O)Nc2cc(N3CCCCC3C)c(C)cc2N)cc1. The number of nitrogens with zero attached hydrogens (tertiary/aromatic N) is 1. The van der Waals surface area contributed by atoms with Gasteiger partial charge in [0, 0.05) is 23.8 Å². The van der Waals surface area contributed by atoms with Crippen molar-refractivity contribution < 1.29 is 4.79 Å². The number of anilines is 3. The van der Waals surface area contributed by atoms with Crippen LogP contribution in [0.4, 0.5) is 17.1 Å². The Bertz CT molecular complexity index is 767. The number of benzene rings is 2. The number of rotatable bonds is 3. The minimum atomic E-state index is -0.131. The second kappa shape index (κ2) is 7.18. The third-order valence-electron chi connectivity index (χ3n) is 5.04. The van der Waals surface area contributed by atoms with Crippen LogP contribution in [0, 0.1) is 13.8 Å². The summed E-state index contributed by atoms with van der Waals surface area (Å²) in [6.45, 7) is 7.40. The number of hydrogen-bond donors (Lipinski definition) is 2. The highest BCUT2D eigenvalue weighted by Crippen LogP contribution is 2.33. The average molecular weight is 337 g/mol. The highest BCUT2D eigenvalue weighted by atomic mass is 16.1. The van der Waals surface area contributed by atoms with Gasteiger partial charge in [-0.25, -0.2) is 0 Å². The average Bonchev–Trinajstić information content (AvgIpc) is 2.58. The molecule has 3 N–H and O–H groups in total. The van der Waals surface area contributed by atoms with Gasteiger partial charge in [-0.3, -0.25) is 4.79 Å². The van der Waals surface area contributed by atoms with Crippen LogP contribution in [0.5, 0.6) is 0 Å². The first-order chi connectivity index (χ1) is 12.0. The zero-order valence-corrected chi connectivity index (χ0v) is 15.3. The standard InChI is InChI=1S/C21H27N3O/c1-14-7-9-17(10-8-14)21(25)23-19-13-20(15(2)12-18(19)22)24-11-5-4-6-16(24)3/h7-10,12-13,16H,4-6,11,22H2,1-3H3,(H,23,25). The fraction of sp³-hybridized carbons (Fsp3) is 0.381. The van der Waals surface area contributed by atoms with Gasteiger partial charge >= 0.3 is 0 Å². The van der Waals surface area contributed by atoms with Crippen molar-refractivity contribution in [3.8, 4) is 0 Å². The van der Waals surface area contributed by atoms with Crippen LogP contribution in [-0.4, -0.2) is 18.5 Å². The third-order valence-corrected chi connectivity index (χ3v) is 5.04. The molecule has 1 fully saturated rings. The molecule has 1 saturated heterocycles. The van der Waals surface area contributed by atoms with Crippen molar-refractivity contribution in [1.29, 1.82) is 0 Å². The van der Waals surface area contributed by atoms with Crippen LogP contribution in [0.25, 0.3) is 0 Å². The van der Waals surface area contributed by atoms with Crippen molar-refractivity contribution in [2.24, 2.45) is 0 Å². The van der Waals surface area contributed by atoms with Crippen LogP contribution >= 0.6 is 0 Å². The van der Waals surface area contributed by atoms with Crippen molar-refractivity contribution in [2.45, 2.75) is 46.1 Å². The topological polar surface area (TPSA) is 58.4 Å². The molecular formula is C21H27N3O. The van der Waals surface area contributed by atoms with Crippen molar-refractivity contribution >= 4 is 23.0 Å². The number of carbonyl (C=O) groups excluding carboxylic acids is 1. The van der Waals surface area contributed by atoms with E-state index < -0.39 is 0 Å². The molecule has 1 aliphatic rings. The molecule has 4 heteroatoms. The van der Waals surface area contributed by atoms with E-state index in [2.05, 4.69) is 24.1 Å². The minimum absolute atomic E-state index is 0.131. The predicted octanol–water partition coefficient (Wildman–Crippen LogP) is 4.52. The Balaban J connectivity index is 1.87. The van der Waals surface area contributed by atoms with E-state index in [1.54, 1.807) is 0 Å². The van der Waals surface area contributed by atoms with Gasteiger partial charge in [-0.15, -0.1) is 0 Å². The molecule has 1 aliphatic heterocycles. The highest BCUT2D eigenvalue weighted by molar-refractivity contribution is 6.06. The largest absolute Gasteiger partial charge is 0.397 e. The van der Waals surface area contributed by atoms with Crippen LogP contribution in [0.1, 0.15) is 47.7 Å². The number of piperidine rings is 1. The van der Waals surface area contributed by atoms with Crippen LogP contribution < -0.4 is 16.0 Å². The van der Waals surface area contributed by atoms with E-state index in [9.17, 15) is 4.79 Å². The van der Waals surface area contributed by atoms with E-state index in [1.165, 1.54) is 24.9 Å². The summed E-state index contributed by atoms with van der Waals surface area (Å²) in [6.07, 6.45) is 3.69. The molecule has 1 atom stereocenters. The Morgan fingerprint density at radius 1 is 1.16 bits per heavy atom. The van der Waals surface area contributed by atoms with Gasteiger partial charge in [0.05, 0.1) is 11.4 Å². The van der Waals surface area contributed by atoms with E-state index >= 15 is 0 Å². The first-order valence-electron chi connectivity index (χ1n) is 9.00. The molecule has 0 radical (unpaired) electrons. The molecule has 1 unspecified atom stereocenters. The summed E-state index contributed by atoms with van der Waals surface area (Å²) in [4.78, 5) is 15.0. The maximum absolute atomic E-state index is 12.5. The van der Waals surface area contributed by atoms with Gasteiger partial charge in [0.1, 0.15) is 0 Å². The van der Waals surface area contributed by atoms with Gasteiger partial charge in [0.25, 0.3) is 5.91 Å². The molecule has 0 bridgehead atoms. The van der Waals surface area contributed by atoms with Crippen molar-refractivity contribution in [1.82, 2.24) is 0 Å². The predicted molar refractivity (Wildman–Crippen MR) is 105 cm³/mol. The normalized spacial score (nSPS) is 17.4.